The van der Waals surface area contributed by atoms with Gasteiger partial charge in [-0.1, -0.05) is 30.3 Å². The van der Waals surface area contributed by atoms with Gasteiger partial charge in [0.05, 0.1) is 12.1 Å². The van der Waals surface area contributed by atoms with Crippen molar-refractivity contribution in [3.8, 4) is 11.5 Å². The Balaban J connectivity index is 1.29. The molecule has 3 heterocycles. The van der Waals surface area contributed by atoms with Crippen LogP contribution in [0.4, 0.5) is 0 Å². The molecule has 0 spiro atoms. The molecule has 1 aliphatic rings. The van der Waals surface area contributed by atoms with Crippen LogP contribution in [0.25, 0.3) is 11.5 Å². The first kappa shape index (κ1) is 20.2. The lowest BCUT2D eigenvalue weighted by atomic mass is 9.97. The summed E-state index contributed by atoms with van der Waals surface area (Å²) in [6.07, 6.45) is 7.55. The Hall–Kier alpha value is -3.13. The molecule has 1 unspecified atom stereocenters. The monoisotopic (exact) mass is 405 g/mol. The molecule has 0 aliphatic carbocycles. The molecule has 0 saturated carbocycles. The van der Waals surface area contributed by atoms with E-state index in [2.05, 4.69) is 61.7 Å². The first-order valence-electron chi connectivity index (χ1n) is 10.4. The summed E-state index contributed by atoms with van der Waals surface area (Å²) >= 11 is 0. The van der Waals surface area contributed by atoms with Gasteiger partial charge in [-0.25, -0.2) is 4.98 Å². The maximum atomic E-state index is 12.8. The first-order chi connectivity index (χ1) is 14.7. The summed E-state index contributed by atoms with van der Waals surface area (Å²) in [6, 6.07) is 10.4. The summed E-state index contributed by atoms with van der Waals surface area (Å²) in [4.78, 5) is 23.5. The molecule has 156 valence electrons. The fraction of sp³-hybridized carbons (Fsp3) is 0.409. The number of hydrogen-bond donors (Lipinski definition) is 1. The maximum absolute atomic E-state index is 12.8. The highest BCUT2D eigenvalue weighted by Gasteiger charge is 2.31. The molecule has 8 nitrogen and oxygen atoms in total. The van der Waals surface area contributed by atoms with Gasteiger partial charge < -0.3 is 14.8 Å². The molecule has 4 rings (SSSR count). The van der Waals surface area contributed by atoms with E-state index in [1.807, 2.05) is 10.6 Å². The highest BCUT2D eigenvalue weighted by Crippen LogP contribution is 2.29. The molecular formula is C22H27N7O. The number of carbonyl (C=O) groups excluding carboxylic acids is 1. The number of fused-ring (bicyclic) bond motifs is 1. The lowest BCUT2D eigenvalue weighted by molar-refractivity contribution is -0.123. The average Bonchev–Trinajstić information content (AvgIpc) is 3.22. The Morgan fingerprint density at radius 3 is 2.90 bits per heavy atom. The van der Waals surface area contributed by atoms with Crippen LogP contribution in [0.15, 0.2) is 48.9 Å². The summed E-state index contributed by atoms with van der Waals surface area (Å²) < 4.78 is 2.01. The van der Waals surface area contributed by atoms with E-state index in [1.54, 1.807) is 18.6 Å². The van der Waals surface area contributed by atoms with Gasteiger partial charge in [-0.05, 0) is 38.4 Å². The number of rotatable bonds is 8. The normalized spacial score (nSPS) is 15.7. The van der Waals surface area contributed by atoms with E-state index >= 15 is 0 Å². The van der Waals surface area contributed by atoms with Crippen molar-refractivity contribution in [2.45, 2.75) is 38.3 Å². The summed E-state index contributed by atoms with van der Waals surface area (Å²) in [5.74, 6) is 1.16. The number of hydrogen-bond acceptors (Lipinski definition) is 6. The van der Waals surface area contributed by atoms with Gasteiger partial charge >= 0.3 is 0 Å². The Bertz CT molecular complexity index is 958. The third kappa shape index (κ3) is 4.71. The smallest absolute Gasteiger partial charge is 0.230 e. The molecule has 30 heavy (non-hydrogen) atoms. The molecule has 0 bridgehead atoms. The van der Waals surface area contributed by atoms with Crippen LogP contribution < -0.4 is 5.32 Å². The van der Waals surface area contributed by atoms with Crippen molar-refractivity contribution in [3.05, 3.63) is 60.3 Å². The molecule has 3 aromatic rings. The van der Waals surface area contributed by atoms with Crippen molar-refractivity contribution in [2.24, 2.45) is 0 Å². The number of nitrogens with one attached hydrogen (secondary N) is 1. The highest BCUT2D eigenvalue weighted by atomic mass is 16.1. The second kappa shape index (κ2) is 9.58. The second-order valence-electron chi connectivity index (χ2n) is 7.69. The van der Waals surface area contributed by atoms with Crippen molar-refractivity contribution in [2.75, 3.05) is 20.1 Å². The summed E-state index contributed by atoms with van der Waals surface area (Å²) in [7, 11) is 2.10. The largest absolute Gasteiger partial charge is 0.355 e. The van der Waals surface area contributed by atoms with Gasteiger partial charge in [0.1, 0.15) is 11.5 Å². The SMILES string of the molecule is CN(CCCNC(=O)C1CCCn2c(-c3cnccn3)nnc21)Cc1ccccc1. The van der Waals surface area contributed by atoms with Crippen molar-refractivity contribution in [1.29, 1.82) is 0 Å². The van der Waals surface area contributed by atoms with Gasteiger partial charge in [-0.2, -0.15) is 0 Å². The van der Waals surface area contributed by atoms with Gasteiger partial charge in [-0.3, -0.25) is 9.78 Å². The van der Waals surface area contributed by atoms with Crippen LogP contribution in [0.1, 0.15) is 36.6 Å². The van der Waals surface area contributed by atoms with E-state index in [9.17, 15) is 4.79 Å². The number of benzene rings is 1. The zero-order valence-electron chi connectivity index (χ0n) is 17.2. The standard InChI is InChI=1S/C22H27N7O/c1-28(16-17-7-3-2-4-8-17)13-6-10-25-22(30)18-9-5-14-29-20(18)26-27-21(29)19-15-23-11-12-24-19/h2-4,7-8,11-12,15,18H,5-6,9-10,13-14,16H2,1H3,(H,25,30). The fourth-order valence-corrected chi connectivity index (χ4v) is 3.89. The van der Waals surface area contributed by atoms with Gasteiger partial charge in [0.2, 0.25) is 5.91 Å². The molecule has 2 aromatic heterocycles. The van der Waals surface area contributed by atoms with Crippen molar-refractivity contribution in [3.63, 3.8) is 0 Å². The molecule has 1 aliphatic heterocycles. The molecule has 1 amide bonds. The van der Waals surface area contributed by atoms with Crippen LogP contribution in [0, 0.1) is 0 Å². The third-order valence-corrected chi connectivity index (χ3v) is 5.39. The predicted molar refractivity (Wildman–Crippen MR) is 113 cm³/mol. The molecule has 0 saturated heterocycles. The van der Waals surface area contributed by atoms with Crippen LogP contribution in [-0.4, -0.2) is 55.7 Å². The Labute approximate surface area is 176 Å². The average molecular weight is 406 g/mol. The molecule has 1 aromatic carbocycles. The van der Waals surface area contributed by atoms with E-state index in [0.29, 0.717) is 18.1 Å². The van der Waals surface area contributed by atoms with E-state index in [-0.39, 0.29) is 11.8 Å². The van der Waals surface area contributed by atoms with E-state index in [0.717, 1.165) is 44.7 Å². The first-order valence-corrected chi connectivity index (χ1v) is 10.4. The highest BCUT2D eigenvalue weighted by molar-refractivity contribution is 5.83. The van der Waals surface area contributed by atoms with E-state index < -0.39 is 0 Å². The number of amides is 1. The van der Waals surface area contributed by atoms with Gasteiger partial charge in [0, 0.05) is 32.0 Å². The van der Waals surface area contributed by atoms with Crippen LogP contribution in [-0.2, 0) is 17.9 Å². The maximum Gasteiger partial charge on any atom is 0.230 e. The predicted octanol–water partition coefficient (Wildman–Crippen LogP) is 2.25. The molecule has 1 atom stereocenters. The minimum Gasteiger partial charge on any atom is -0.355 e. The number of carbonyl (C=O) groups is 1. The molecular weight excluding hydrogens is 378 g/mol. The van der Waals surface area contributed by atoms with Gasteiger partial charge in [0.25, 0.3) is 0 Å². The molecule has 0 fully saturated rings. The minimum absolute atomic E-state index is 0.0276. The van der Waals surface area contributed by atoms with Crippen LogP contribution >= 0.6 is 0 Å². The third-order valence-electron chi connectivity index (χ3n) is 5.39. The zero-order valence-corrected chi connectivity index (χ0v) is 17.2. The lowest BCUT2D eigenvalue weighted by Gasteiger charge is -2.23. The van der Waals surface area contributed by atoms with Crippen molar-refractivity contribution < 1.29 is 4.79 Å². The van der Waals surface area contributed by atoms with Crippen LogP contribution in [0.5, 0.6) is 0 Å². The lowest BCUT2D eigenvalue weighted by Crippen LogP contribution is -2.35. The fourth-order valence-electron chi connectivity index (χ4n) is 3.89. The molecule has 8 heteroatoms. The van der Waals surface area contributed by atoms with Crippen molar-refractivity contribution in [1.82, 2.24) is 34.9 Å². The van der Waals surface area contributed by atoms with E-state index in [1.165, 1.54) is 5.56 Å². The van der Waals surface area contributed by atoms with Crippen LogP contribution in [0.2, 0.25) is 0 Å². The van der Waals surface area contributed by atoms with E-state index in [4.69, 9.17) is 0 Å². The Morgan fingerprint density at radius 2 is 2.10 bits per heavy atom. The van der Waals surface area contributed by atoms with Gasteiger partial charge in [-0.15, -0.1) is 10.2 Å². The Kier molecular flexibility index (Phi) is 6.44. The quantitative estimate of drug-likeness (QED) is 0.578. The summed E-state index contributed by atoms with van der Waals surface area (Å²) in [5.41, 5.74) is 1.98. The number of nitrogens with zero attached hydrogens (tertiary/aromatic N) is 6. The van der Waals surface area contributed by atoms with Crippen LogP contribution in [0.3, 0.4) is 0 Å². The molecule has 1 N–H and O–H groups in total. The second-order valence-corrected chi connectivity index (χ2v) is 7.69. The summed E-state index contributed by atoms with van der Waals surface area (Å²) in [6.45, 7) is 3.28. The zero-order chi connectivity index (χ0) is 20.8. The Morgan fingerprint density at radius 1 is 1.23 bits per heavy atom. The van der Waals surface area contributed by atoms with Gasteiger partial charge in [0.15, 0.2) is 5.82 Å². The minimum atomic E-state index is -0.265. The van der Waals surface area contributed by atoms with Crippen molar-refractivity contribution >= 4 is 5.91 Å². The topological polar surface area (TPSA) is 88.8 Å². The number of aromatic nitrogens is 5. The summed E-state index contributed by atoms with van der Waals surface area (Å²) in [5, 5.41) is 11.7. The molecule has 0 radical (unpaired) electrons.